The molecule has 0 aliphatic rings. The van der Waals surface area contributed by atoms with Gasteiger partial charge in [-0.1, -0.05) is 29.8 Å². The number of hydrogen-bond acceptors (Lipinski definition) is 4. The average molecular weight is 341 g/mol. The van der Waals surface area contributed by atoms with E-state index in [-0.39, 0.29) is 25.0 Å². The smallest absolute Gasteiger partial charge is 0.262 e. The number of carbonyl (C=O) groups is 2. The number of benzene rings is 2. The van der Waals surface area contributed by atoms with Crippen LogP contribution in [-0.4, -0.2) is 31.5 Å². The fourth-order valence-corrected chi connectivity index (χ4v) is 2.15. The number of hydrogen-bond donors (Lipinski definition) is 3. The molecule has 0 fully saturated rings. The van der Waals surface area contributed by atoms with Gasteiger partial charge in [-0.05, 0) is 43.2 Å². The van der Waals surface area contributed by atoms with Crippen LogP contribution in [0, 0.1) is 6.92 Å². The Morgan fingerprint density at radius 2 is 1.68 bits per heavy atom. The van der Waals surface area contributed by atoms with Gasteiger partial charge in [0.1, 0.15) is 5.75 Å². The lowest BCUT2D eigenvalue weighted by Gasteiger charge is -2.09. The Kier molecular flexibility index (Phi) is 6.98. The van der Waals surface area contributed by atoms with Crippen molar-refractivity contribution < 1.29 is 14.3 Å². The van der Waals surface area contributed by atoms with Crippen molar-refractivity contribution >= 4 is 17.5 Å². The van der Waals surface area contributed by atoms with Crippen molar-refractivity contribution in [1.82, 2.24) is 5.32 Å². The molecule has 132 valence electrons. The maximum absolute atomic E-state index is 11.9. The number of nitrogens with one attached hydrogen (secondary N) is 2. The van der Waals surface area contributed by atoms with E-state index >= 15 is 0 Å². The minimum absolute atomic E-state index is 0.00255. The summed E-state index contributed by atoms with van der Waals surface area (Å²) >= 11 is 0. The summed E-state index contributed by atoms with van der Waals surface area (Å²) in [6.45, 7) is 2.47. The van der Waals surface area contributed by atoms with Gasteiger partial charge < -0.3 is 21.1 Å². The van der Waals surface area contributed by atoms with Crippen LogP contribution in [-0.2, 0) is 16.0 Å². The number of ether oxygens (including phenoxy) is 1. The van der Waals surface area contributed by atoms with E-state index in [2.05, 4.69) is 10.6 Å². The third-order valence-electron chi connectivity index (χ3n) is 3.55. The van der Waals surface area contributed by atoms with E-state index in [1.165, 1.54) is 0 Å². The van der Waals surface area contributed by atoms with E-state index in [9.17, 15) is 9.59 Å². The van der Waals surface area contributed by atoms with Crippen molar-refractivity contribution in [1.29, 1.82) is 0 Å². The molecule has 0 radical (unpaired) electrons. The molecule has 4 N–H and O–H groups in total. The molecule has 0 aromatic heterocycles. The summed E-state index contributed by atoms with van der Waals surface area (Å²) in [7, 11) is 0. The third kappa shape index (κ3) is 6.64. The van der Waals surface area contributed by atoms with Gasteiger partial charge in [-0.2, -0.15) is 0 Å². The second kappa shape index (κ2) is 9.44. The van der Waals surface area contributed by atoms with Crippen LogP contribution in [0.3, 0.4) is 0 Å². The lowest BCUT2D eigenvalue weighted by molar-refractivity contribution is -0.120. The van der Waals surface area contributed by atoms with E-state index in [0.717, 1.165) is 16.8 Å². The van der Waals surface area contributed by atoms with Crippen molar-refractivity contribution in [2.45, 2.75) is 13.3 Å². The van der Waals surface area contributed by atoms with Gasteiger partial charge in [0.05, 0.1) is 6.54 Å². The number of rotatable bonds is 8. The summed E-state index contributed by atoms with van der Waals surface area (Å²) < 4.78 is 5.48. The molecule has 0 saturated carbocycles. The minimum Gasteiger partial charge on any atom is -0.484 e. The normalized spacial score (nSPS) is 10.2. The standard InChI is InChI=1S/C19H23N3O3/c1-14-2-6-16(7-3-14)22-19(24)13-25-17-8-4-15(5-9-17)10-11-21-18(23)12-20/h2-9H,10-13,20H2,1H3,(H,21,23)(H,22,24). The second-order valence-corrected chi connectivity index (χ2v) is 5.65. The zero-order valence-corrected chi connectivity index (χ0v) is 14.2. The van der Waals surface area contributed by atoms with Gasteiger partial charge in [-0.15, -0.1) is 0 Å². The first kappa shape index (κ1) is 18.5. The summed E-state index contributed by atoms with van der Waals surface area (Å²) in [6, 6.07) is 15.0. The summed E-state index contributed by atoms with van der Waals surface area (Å²) in [5.41, 5.74) is 8.17. The molecule has 0 bridgehead atoms. The largest absolute Gasteiger partial charge is 0.484 e. The lowest BCUT2D eigenvalue weighted by atomic mass is 10.1. The fraction of sp³-hybridized carbons (Fsp3) is 0.263. The number of carbonyl (C=O) groups excluding carboxylic acids is 2. The van der Waals surface area contributed by atoms with Crippen molar-refractivity contribution in [3.63, 3.8) is 0 Å². The van der Waals surface area contributed by atoms with Gasteiger partial charge in [0, 0.05) is 12.2 Å². The maximum Gasteiger partial charge on any atom is 0.262 e. The zero-order valence-electron chi connectivity index (χ0n) is 14.2. The Balaban J connectivity index is 1.74. The molecule has 0 unspecified atom stereocenters. The maximum atomic E-state index is 11.9. The fourth-order valence-electron chi connectivity index (χ4n) is 2.15. The first-order chi connectivity index (χ1) is 12.1. The van der Waals surface area contributed by atoms with E-state index < -0.39 is 0 Å². The van der Waals surface area contributed by atoms with Crippen LogP contribution in [0.25, 0.3) is 0 Å². The SMILES string of the molecule is Cc1ccc(NC(=O)COc2ccc(CCNC(=O)CN)cc2)cc1. The quantitative estimate of drug-likeness (QED) is 0.680. The summed E-state index contributed by atoms with van der Waals surface area (Å²) in [4.78, 5) is 22.9. The van der Waals surface area contributed by atoms with Gasteiger partial charge in [0.25, 0.3) is 5.91 Å². The Morgan fingerprint density at radius 3 is 2.32 bits per heavy atom. The molecule has 0 aliphatic heterocycles. The van der Waals surface area contributed by atoms with Gasteiger partial charge in [0.15, 0.2) is 6.61 Å². The molecule has 0 atom stereocenters. The van der Waals surface area contributed by atoms with Crippen LogP contribution >= 0.6 is 0 Å². The molecule has 0 aliphatic carbocycles. The predicted octanol–water partition coefficient (Wildman–Crippen LogP) is 1.63. The highest BCUT2D eigenvalue weighted by molar-refractivity contribution is 5.91. The van der Waals surface area contributed by atoms with Crippen molar-refractivity contribution in [3.05, 3.63) is 59.7 Å². The Bertz CT molecular complexity index is 697. The molecule has 6 heteroatoms. The van der Waals surface area contributed by atoms with Gasteiger partial charge >= 0.3 is 0 Å². The van der Waals surface area contributed by atoms with Crippen LogP contribution in [0.5, 0.6) is 5.75 Å². The first-order valence-corrected chi connectivity index (χ1v) is 8.12. The van der Waals surface area contributed by atoms with E-state index in [0.29, 0.717) is 18.7 Å². The average Bonchev–Trinajstić information content (AvgIpc) is 2.63. The van der Waals surface area contributed by atoms with Crippen molar-refractivity contribution in [2.75, 3.05) is 25.0 Å². The topological polar surface area (TPSA) is 93.5 Å². The molecule has 2 amide bonds. The molecule has 6 nitrogen and oxygen atoms in total. The zero-order chi connectivity index (χ0) is 18.1. The molecule has 0 saturated heterocycles. The summed E-state index contributed by atoms with van der Waals surface area (Å²) in [5.74, 6) is 0.241. The third-order valence-corrected chi connectivity index (χ3v) is 3.55. The van der Waals surface area contributed by atoms with Crippen LogP contribution in [0.2, 0.25) is 0 Å². The highest BCUT2D eigenvalue weighted by Crippen LogP contribution is 2.13. The van der Waals surface area contributed by atoms with Gasteiger partial charge in [0.2, 0.25) is 5.91 Å². The van der Waals surface area contributed by atoms with Crippen molar-refractivity contribution in [2.24, 2.45) is 5.73 Å². The second-order valence-electron chi connectivity index (χ2n) is 5.65. The highest BCUT2D eigenvalue weighted by Gasteiger charge is 2.04. The molecule has 2 aromatic carbocycles. The molecule has 2 aromatic rings. The van der Waals surface area contributed by atoms with Crippen LogP contribution in [0.15, 0.2) is 48.5 Å². The lowest BCUT2D eigenvalue weighted by Crippen LogP contribution is -2.31. The van der Waals surface area contributed by atoms with Crippen LogP contribution in [0.1, 0.15) is 11.1 Å². The summed E-state index contributed by atoms with van der Waals surface area (Å²) in [6.07, 6.45) is 0.708. The van der Waals surface area contributed by atoms with Gasteiger partial charge in [-0.3, -0.25) is 9.59 Å². The summed E-state index contributed by atoms with van der Waals surface area (Å²) in [5, 5.41) is 5.49. The molecule has 25 heavy (non-hydrogen) atoms. The van der Waals surface area contributed by atoms with Crippen LogP contribution in [0.4, 0.5) is 5.69 Å². The highest BCUT2D eigenvalue weighted by atomic mass is 16.5. The number of nitrogens with two attached hydrogens (primary N) is 1. The molecular formula is C19H23N3O3. The Labute approximate surface area is 147 Å². The Hall–Kier alpha value is -2.86. The van der Waals surface area contributed by atoms with E-state index in [1.807, 2.05) is 43.3 Å². The monoisotopic (exact) mass is 341 g/mol. The first-order valence-electron chi connectivity index (χ1n) is 8.12. The molecule has 0 heterocycles. The van der Waals surface area contributed by atoms with Crippen molar-refractivity contribution in [3.8, 4) is 5.75 Å². The van der Waals surface area contributed by atoms with E-state index in [4.69, 9.17) is 10.5 Å². The number of aryl methyl sites for hydroxylation is 1. The number of amides is 2. The molecule has 2 rings (SSSR count). The predicted molar refractivity (Wildman–Crippen MR) is 97.5 cm³/mol. The van der Waals surface area contributed by atoms with Crippen LogP contribution < -0.4 is 21.1 Å². The Morgan fingerprint density at radius 1 is 1.00 bits per heavy atom. The number of anilines is 1. The molecule has 0 spiro atoms. The van der Waals surface area contributed by atoms with E-state index in [1.54, 1.807) is 12.1 Å². The van der Waals surface area contributed by atoms with Gasteiger partial charge in [-0.25, -0.2) is 0 Å². The molecular weight excluding hydrogens is 318 g/mol. The minimum atomic E-state index is -0.211.